The van der Waals surface area contributed by atoms with Gasteiger partial charge in [0.2, 0.25) is 0 Å². The number of halogens is 1. The third kappa shape index (κ3) is 2.62. The van der Waals surface area contributed by atoms with Crippen molar-refractivity contribution >= 4 is 17.9 Å². The molecule has 10 heavy (non-hydrogen) atoms. The topological polar surface area (TPSA) is 77.8 Å². The summed E-state index contributed by atoms with van der Waals surface area (Å²) in [6.45, 7) is -0.697. The van der Waals surface area contributed by atoms with Gasteiger partial charge in [-0.25, -0.2) is 0 Å². The standard InChI is InChI=1S/C5H9ClO4/c6-3(1-7)5(10)4(9)2-8/h1,3-5,8-10H,2H2/t3-,4+,5-/m0/s1/i1D. The smallest absolute Gasteiger partial charge is 0.140 e. The molecule has 0 heterocycles. The molecule has 0 amide bonds. The molecule has 0 aliphatic heterocycles. The second kappa shape index (κ2) is 4.62. The van der Waals surface area contributed by atoms with Gasteiger partial charge in [0.15, 0.2) is 0 Å². The number of rotatable bonds is 4. The van der Waals surface area contributed by atoms with Crippen molar-refractivity contribution in [2.24, 2.45) is 0 Å². The van der Waals surface area contributed by atoms with Crippen LogP contribution in [0.15, 0.2) is 0 Å². The molecule has 60 valence electrons. The van der Waals surface area contributed by atoms with E-state index in [1.54, 1.807) is 0 Å². The Labute approximate surface area is 64.5 Å². The summed E-state index contributed by atoms with van der Waals surface area (Å²) >= 11 is 5.18. The van der Waals surface area contributed by atoms with Gasteiger partial charge < -0.3 is 20.1 Å². The van der Waals surface area contributed by atoms with Crippen LogP contribution in [0.5, 0.6) is 0 Å². The first-order valence-corrected chi connectivity index (χ1v) is 3.05. The summed E-state index contributed by atoms with van der Waals surface area (Å²) < 4.78 is 6.46. The summed E-state index contributed by atoms with van der Waals surface area (Å²) in [5.74, 6) is 0. The highest BCUT2D eigenvalue weighted by atomic mass is 35.5. The van der Waals surface area contributed by atoms with Crippen molar-refractivity contribution in [3.63, 3.8) is 0 Å². The van der Waals surface area contributed by atoms with Crippen LogP contribution in [0.2, 0.25) is 0 Å². The van der Waals surface area contributed by atoms with Gasteiger partial charge >= 0.3 is 0 Å². The Hall–Kier alpha value is -0.160. The van der Waals surface area contributed by atoms with E-state index in [1.165, 1.54) is 0 Å². The van der Waals surface area contributed by atoms with Crippen molar-refractivity contribution in [2.75, 3.05) is 6.61 Å². The Morgan fingerprint density at radius 2 is 2.20 bits per heavy atom. The quantitative estimate of drug-likeness (QED) is 0.354. The Bertz CT molecular complexity index is 142. The molecular weight excluding hydrogens is 160 g/mol. The molecule has 0 radical (unpaired) electrons. The number of carbonyl (C=O) groups excluding carboxylic acids is 1. The minimum Gasteiger partial charge on any atom is -0.394 e. The number of alkyl halides is 1. The molecule has 4 nitrogen and oxygen atoms in total. The highest BCUT2D eigenvalue weighted by molar-refractivity contribution is 6.28. The second-order valence-corrected chi connectivity index (χ2v) is 2.23. The van der Waals surface area contributed by atoms with E-state index in [4.69, 9.17) is 28.3 Å². The van der Waals surface area contributed by atoms with Crippen LogP contribution < -0.4 is 0 Å². The lowest BCUT2D eigenvalue weighted by molar-refractivity contribution is -0.111. The normalized spacial score (nSPS) is 21.0. The highest BCUT2D eigenvalue weighted by Gasteiger charge is 2.23. The van der Waals surface area contributed by atoms with E-state index >= 15 is 0 Å². The molecule has 5 heteroatoms. The predicted molar refractivity (Wildman–Crippen MR) is 34.8 cm³/mol. The van der Waals surface area contributed by atoms with E-state index < -0.39 is 30.5 Å². The van der Waals surface area contributed by atoms with Crippen LogP contribution in [0.1, 0.15) is 1.37 Å². The molecule has 0 rings (SSSR count). The van der Waals surface area contributed by atoms with Gasteiger partial charge in [0, 0.05) is 0 Å². The third-order valence-corrected chi connectivity index (χ3v) is 1.34. The van der Waals surface area contributed by atoms with Gasteiger partial charge in [-0.1, -0.05) is 0 Å². The van der Waals surface area contributed by atoms with Gasteiger partial charge in [0.05, 0.1) is 6.61 Å². The van der Waals surface area contributed by atoms with Crippen LogP contribution in [-0.2, 0) is 4.79 Å². The summed E-state index contributed by atoms with van der Waals surface area (Å²) in [7, 11) is 0. The monoisotopic (exact) mass is 169 g/mol. The number of hydrogen-bond donors (Lipinski definition) is 3. The fourth-order valence-electron chi connectivity index (χ4n) is 0.373. The van der Waals surface area contributed by atoms with Gasteiger partial charge in [-0.3, -0.25) is 0 Å². The van der Waals surface area contributed by atoms with E-state index in [9.17, 15) is 4.79 Å². The Balaban J connectivity index is 4.00. The molecule has 0 unspecified atom stereocenters. The molecule has 3 atom stereocenters. The summed E-state index contributed by atoms with van der Waals surface area (Å²) in [4.78, 5) is 10.2. The average molecular weight is 170 g/mol. The van der Waals surface area contributed by atoms with Crippen LogP contribution in [-0.4, -0.2) is 45.8 Å². The van der Waals surface area contributed by atoms with Crippen molar-refractivity contribution in [3.8, 4) is 0 Å². The van der Waals surface area contributed by atoms with Crippen LogP contribution in [0.25, 0.3) is 0 Å². The molecule has 0 saturated carbocycles. The molecule has 0 fully saturated rings. The zero-order chi connectivity index (χ0) is 9.02. The molecule has 0 aliphatic rings. The van der Waals surface area contributed by atoms with Crippen molar-refractivity contribution in [3.05, 3.63) is 0 Å². The van der Waals surface area contributed by atoms with Gasteiger partial charge in [-0.15, -0.1) is 11.6 Å². The van der Waals surface area contributed by atoms with Gasteiger partial charge in [-0.05, 0) is 0 Å². The van der Waals surface area contributed by atoms with Gasteiger partial charge in [-0.2, -0.15) is 0 Å². The summed E-state index contributed by atoms with van der Waals surface area (Å²) in [5, 5.41) is 24.4. The largest absolute Gasteiger partial charge is 0.394 e. The third-order valence-electron chi connectivity index (χ3n) is 0.994. The number of aliphatic hydroxyl groups excluding tert-OH is 3. The van der Waals surface area contributed by atoms with Gasteiger partial charge in [0.1, 0.15) is 25.2 Å². The predicted octanol–water partition coefficient (Wildman–Crippen LogP) is -1.49. The zero-order valence-corrected chi connectivity index (χ0v) is 5.82. The van der Waals surface area contributed by atoms with E-state index in [1.807, 2.05) is 0 Å². The SMILES string of the molecule is [2H]C(=O)[C@H](Cl)[C@H](O)[C@H](O)CO. The minimum absolute atomic E-state index is 0.697. The van der Waals surface area contributed by atoms with Crippen LogP contribution in [0, 0.1) is 0 Å². The highest BCUT2D eigenvalue weighted by Crippen LogP contribution is 2.03. The molecule has 0 aromatic carbocycles. The molecule has 0 aromatic rings. The maximum Gasteiger partial charge on any atom is 0.140 e. The molecule has 0 aliphatic carbocycles. The van der Waals surface area contributed by atoms with Gasteiger partial charge in [0.25, 0.3) is 0 Å². The van der Waals surface area contributed by atoms with E-state index in [0.717, 1.165) is 0 Å². The van der Waals surface area contributed by atoms with Crippen LogP contribution in [0.3, 0.4) is 0 Å². The first-order chi connectivity index (χ1) is 5.00. The number of aliphatic hydroxyl groups is 3. The van der Waals surface area contributed by atoms with E-state index in [2.05, 4.69) is 0 Å². The van der Waals surface area contributed by atoms with E-state index in [-0.39, 0.29) is 0 Å². The summed E-state index contributed by atoms with van der Waals surface area (Å²) in [6.07, 6.45) is -4.26. The maximum atomic E-state index is 10.2. The van der Waals surface area contributed by atoms with E-state index in [0.29, 0.717) is 0 Å². The molecule has 0 saturated heterocycles. The summed E-state index contributed by atoms with van der Waals surface area (Å²) in [6, 6.07) is 0. The number of hydrogen-bond acceptors (Lipinski definition) is 4. The van der Waals surface area contributed by atoms with Crippen LogP contribution in [0.4, 0.5) is 0 Å². The fraction of sp³-hybridized carbons (Fsp3) is 0.800. The molecule has 0 bridgehead atoms. The van der Waals surface area contributed by atoms with Crippen molar-refractivity contribution in [1.29, 1.82) is 0 Å². The molecular formula is C5H9ClO4. The lowest BCUT2D eigenvalue weighted by atomic mass is 10.1. The molecule has 0 spiro atoms. The average Bonchev–Trinajstić information content (AvgIpc) is 2.00. The van der Waals surface area contributed by atoms with Crippen molar-refractivity contribution < 1.29 is 21.5 Å². The number of carbonyl (C=O) groups is 1. The van der Waals surface area contributed by atoms with Crippen molar-refractivity contribution in [1.82, 2.24) is 0 Å². The van der Waals surface area contributed by atoms with Crippen LogP contribution >= 0.6 is 11.6 Å². The first-order valence-electron chi connectivity index (χ1n) is 3.12. The first kappa shape index (κ1) is 7.94. The lowest BCUT2D eigenvalue weighted by Gasteiger charge is -2.15. The zero-order valence-electron chi connectivity index (χ0n) is 6.07. The Morgan fingerprint density at radius 1 is 1.70 bits per heavy atom. The number of aldehydes is 1. The molecule has 0 aromatic heterocycles. The lowest BCUT2D eigenvalue weighted by Crippen LogP contribution is -2.37. The minimum atomic E-state index is -1.59. The maximum absolute atomic E-state index is 10.2. The Morgan fingerprint density at radius 3 is 2.50 bits per heavy atom. The summed E-state index contributed by atoms with van der Waals surface area (Å²) in [5.41, 5.74) is 0. The Kier molecular flexibility index (Phi) is 3.67. The molecule has 3 N–H and O–H groups in total. The second-order valence-electron chi connectivity index (χ2n) is 1.76. The van der Waals surface area contributed by atoms with Crippen molar-refractivity contribution in [2.45, 2.75) is 17.6 Å². The fourth-order valence-corrected chi connectivity index (χ4v) is 0.541.